The van der Waals surface area contributed by atoms with E-state index in [2.05, 4.69) is 5.32 Å². The minimum Gasteiger partial charge on any atom is -0.322 e. The zero-order chi connectivity index (χ0) is 18.7. The number of hydrogen-bond acceptors (Lipinski definition) is 2. The zero-order valence-electron chi connectivity index (χ0n) is 13.8. The molecule has 0 radical (unpaired) electrons. The van der Waals surface area contributed by atoms with Crippen molar-refractivity contribution >= 4 is 23.2 Å². The molecule has 1 fully saturated rings. The first kappa shape index (κ1) is 18.0. The van der Waals surface area contributed by atoms with E-state index in [4.69, 9.17) is 0 Å². The van der Waals surface area contributed by atoms with Crippen molar-refractivity contribution in [2.75, 3.05) is 16.8 Å². The van der Waals surface area contributed by atoms with E-state index in [1.165, 1.54) is 0 Å². The van der Waals surface area contributed by atoms with Gasteiger partial charge >= 0.3 is 6.18 Å². The first-order chi connectivity index (χ1) is 12.3. The van der Waals surface area contributed by atoms with Gasteiger partial charge in [-0.15, -0.1) is 0 Å². The summed E-state index contributed by atoms with van der Waals surface area (Å²) in [6, 6.07) is 10.9. The summed E-state index contributed by atoms with van der Waals surface area (Å²) in [5.41, 5.74) is 0.489. The Morgan fingerprint density at radius 3 is 2.42 bits per heavy atom. The van der Waals surface area contributed by atoms with E-state index in [0.29, 0.717) is 24.3 Å². The molecule has 26 heavy (non-hydrogen) atoms. The number of carbonyl (C=O) groups is 2. The first-order valence-corrected chi connectivity index (χ1v) is 8.23. The van der Waals surface area contributed by atoms with Crippen molar-refractivity contribution in [2.24, 2.45) is 0 Å². The van der Waals surface area contributed by atoms with Gasteiger partial charge in [-0.1, -0.05) is 6.07 Å². The third kappa shape index (κ3) is 4.04. The summed E-state index contributed by atoms with van der Waals surface area (Å²) >= 11 is 0. The number of alkyl halides is 3. The molecule has 1 aliphatic rings. The van der Waals surface area contributed by atoms with Crippen molar-refractivity contribution in [1.29, 1.82) is 0 Å². The van der Waals surface area contributed by atoms with E-state index in [9.17, 15) is 22.8 Å². The molecule has 0 aliphatic carbocycles. The maximum absolute atomic E-state index is 12.6. The Labute approximate surface area is 148 Å². The molecule has 1 N–H and O–H groups in total. The number of piperidine rings is 1. The number of halogens is 3. The molecular formula is C19H17F3N2O2. The van der Waals surface area contributed by atoms with Crippen LogP contribution in [0, 0.1) is 0 Å². The van der Waals surface area contributed by atoms with Gasteiger partial charge in [-0.2, -0.15) is 13.2 Å². The van der Waals surface area contributed by atoms with Crippen molar-refractivity contribution in [2.45, 2.75) is 25.4 Å². The van der Waals surface area contributed by atoms with E-state index in [1.807, 2.05) is 0 Å². The molecule has 2 aromatic carbocycles. The van der Waals surface area contributed by atoms with Crippen LogP contribution in [0.5, 0.6) is 0 Å². The predicted molar refractivity (Wildman–Crippen MR) is 92.0 cm³/mol. The molecule has 0 atom stereocenters. The largest absolute Gasteiger partial charge is 0.416 e. The van der Waals surface area contributed by atoms with Crippen LogP contribution in [0.25, 0.3) is 0 Å². The highest BCUT2D eigenvalue weighted by atomic mass is 19.4. The Kier molecular flexibility index (Phi) is 4.97. The van der Waals surface area contributed by atoms with Crippen LogP contribution in [0.4, 0.5) is 24.5 Å². The van der Waals surface area contributed by atoms with E-state index >= 15 is 0 Å². The number of amides is 2. The lowest BCUT2D eigenvalue weighted by atomic mass is 10.1. The topological polar surface area (TPSA) is 49.4 Å². The molecule has 0 bridgehead atoms. The summed E-state index contributed by atoms with van der Waals surface area (Å²) in [4.78, 5) is 25.9. The maximum atomic E-state index is 12.6. The highest BCUT2D eigenvalue weighted by molar-refractivity contribution is 6.04. The monoisotopic (exact) mass is 362 g/mol. The quantitative estimate of drug-likeness (QED) is 0.876. The smallest absolute Gasteiger partial charge is 0.322 e. The highest BCUT2D eigenvalue weighted by Crippen LogP contribution is 2.29. The molecule has 3 rings (SSSR count). The summed E-state index contributed by atoms with van der Waals surface area (Å²) in [5, 5.41) is 2.65. The number of rotatable bonds is 3. The van der Waals surface area contributed by atoms with Crippen molar-refractivity contribution in [3.63, 3.8) is 0 Å². The zero-order valence-corrected chi connectivity index (χ0v) is 13.8. The van der Waals surface area contributed by atoms with Crippen LogP contribution in [0.1, 0.15) is 35.2 Å². The Morgan fingerprint density at radius 1 is 1.04 bits per heavy atom. The van der Waals surface area contributed by atoms with Crippen LogP contribution < -0.4 is 10.2 Å². The molecule has 136 valence electrons. The van der Waals surface area contributed by atoms with Crippen LogP contribution in [-0.4, -0.2) is 18.4 Å². The SMILES string of the molecule is O=C(Nc1cccc(N2CCCCC2=O)c1)c1ccc(C(F)(F)F)cc1. The highest BCUT2D eigenvalue weighted by Gasteiger charge is 2.30. The number of carbonyl (C=O) groups excluding carboxylic acids is 2. The number of benzene rings is 2. The van der Waals surface area contributed by atoms with Gasteiger partial charge in [0, 0.05) is 29.9 Å². The fourth-order valence-corrected chi connectivity index (χ4v) is 2.84. The molecule has 1 heterocycles. The number of anilines is 2. The van der Waals surface area contributed by atoms with Gasteiger partial charge in [0.25, 0.3) is 5.91 Å². The lowest BCUT2D eigenvalue weighted by Gasteiger charge is -2.27. The van der Waals surface area contributed by atoms with Gasteiger partial charge in [0.1, 0.15) is 0 Å². The average molecular weight is 362 g/mol. The molecule has 0 aromatic heterocycles. The molecule has 0 saturated carbocycles. The molecule has 2 amide bonds. The van der Waals surface area contributed by atoms with Gasteiger partial charge in [-0.25, -0.2) is 0 Å². The summed E-state index contributed by atoms with van der Waals surface area (Å²) in [5.74, 6) is -0.469. The van der Waals surface area contributed by atoms with Crippen LogP contribution in [0.3, 0.4) is 0 Å². The van der Waals surface area contributed by atoms with E-state index in [1.54, 1.807) is 29.2 Å². The van der Waals surface area contributed by atoms with Crippen LogP contribution in [0.15, 0.2) is 48.5 Å². The fourth-order valence-electron chi connectivity index (χ4n) is 2.84. The van der Waals surface area contributed by atoms with Gasteiger partial charge < -0.3 is 10.2 Å². The van der Waals surface area contributed by atoms with E-state index < -0.39 is 17.6 Å². The molecule has 7 heteroatoms. The molecule has 1 aliphatic heterocycles. The van der Waals surface area contributed by atoms with Crippen molar-refractivity contribution in [1.82, 2.24) is 0 Å². The van der Waals surface area contributed by atoms with E-state index in [-0.39, 0.29) is 11.5 Å². The van der Waals surface area contributed by atoms with Gasteiger partial charge in [-0.05, 0) is 55.3 Å². The van der Waals surface area contributed by atoms with Crippen LogP contribution in [-0.2, 0) is 11.0 Å². The summed E-state index contributed by atoms with van der Waals surface area (Å²) < 4.78 is 37.8. The number of hydrogen-bond donors (Lipinski definition) is 1. The minimum atomic E-state index is -4.44. The summed E-state index contributed by atoms with van der Waals surface area (Å²) in [6.07, 6.45) is -2.14. The Hall–Kier alpha value is -2.83. The molecule has 1 saturated heterocycles. The number of nitrogens with one attached hydrogen (secondary N) is 1. The molecule has 0 spiro atoms. The van der Waals surface area contributed by atoms with Crippen LogP contribution in [0.2, 0.25) is 0 Å². The Morgan fingerprint density at radius 2 is 1.77 bits per heavy atom. The van der Waals surface area contributed by atoms with Gasteiger partial charge in [0.15, 0.2) is 0 Å². The third-order valence-electron chi connectivity index (χ3n) is 4.21. The number of nitrogens with zero attached hydrogens (tertiary/aromatic N) is 1. The summed E-state index contributed by atoms with van der Waals surface area (Å²) in [6.45, 7) is 0.634. The lowest BCUT2D eigenvalue weighted by Crippen LogP contribution is -2.35. The predicted octanol–water partition coefficient (Wildman–Crippen LogP) is 4.47. The Bertz CT molecular complexity index is 816. The van der Waals surface area contributed by atoms with E-state index in [0.717, 1.165) is 37.1 Å². The van der Waals surface area contributed by atoms with Gasteiger partial charge in [-0.3, -0.25) is 9.59 Å². The molecular weight excluding hydrogens is 345 g/mol. The Balaban J connectivity index is 1.73. The second-order valence-electron chi connectivity index (χ2n) is 6.08. The van der Waals surface area contributed by atoms with Gasteiger partial charge in [0.05, 0.1) is 5.56 Å². The van der Waals surface area contributed by atoms with Crippen molar-refractivity contribution < 1.29 is 22.8 Å². The maximum Gasteiger partial charge on any atom is 0.416 e. The average Bonchev–Trinajstić information content (AvgIpc) is 2.62. The second-order valence-corrected chi connectivity index (χ2v) is 6.08. The summed E-state index contributed by atoms with van der Waals surface area (Å²) in [7, 11) is 0. The molecule has 0 unspecified atom stereocenters. The normalized spacial score (nSPS) is 15.0. The molecule has 4 nitrogen and oxygen atoms in total. The fraction of sp³-hybridized carbons (Fsp3) is 0.263. The lowest BCUT2D eigenvalue weighted by molar-refractivity contribution is -0.137. The second kappa shape index (κ2) is 7.19. The van der Waals surface area contributed by atoms with Gasteiger partial charge in [0.2, 0.25) is 5.91 Å². The first-order valence-electron chi connectivity index (χ1n) is 8.23. The molecule has 2 aromatic rings. The van der Waals surface area contributed by atoms with Crippen LogP contribution >= 0.6 is 0 Å². The van der Waals surface area contributed by atoms with Crippen molar-refractivity contribution in [3.8, 4) is 0 Å². The standard InChI is InChI=1S/C19H17F3N2O2/c20-19(21,22)14-9-7-13(8-10-14)18(26)23-15-4-3-5-16(12-15)24-11-2-1-6-17(24)25/h3-5,7-10,12H,1-2,6,11H2,(H,23,26). The van der Waals surface area contributed by atoms with Crippen molar-refractivity contribution in [3.05, 3.63) is 59.7 Å². The third-order valence-corrected chi connectivity index (χ3v) is 4.21. The minimum absolute atomic E-state index is 0.0439.